The van der Waals surface area contributed by atoms with Crippen LogP contribution in [0.5, 0.6) is 0 Å². The number of carbonyl (C=O) groups is 1. The van der Waals surface area contributed by atoms with Crippen LogP contribution in [0.4, 0.5) is 0 Å². The zero-order chi connectivity index (χ0) is 13.5. The van der Waals surface area contributed by atoms with E-state index >= 15 is 0 Å². The summed E-state index contributed by atoms with van der Waals surface area (Å²) in [6.45, 7) is 3.86. The molecule has 3 unspecified atom stereocenters. The molecule has 1 amide bonds. The summed E-state index contributed by atoms with van der Waals surface area (Å²) in [5, 5.41) is 11.5. The molecule has 1 aromatic rings. The molecule has 2 N–H and O–H groups in total. The Kier molecular flexibility index (Phi) is 6.22. The fourth-order valence-corrected chi connectivity index (χ4v) is 1.84. The number of rotatable bonds is 6. The Morgan fingerprint density at radius 2 is 1.94 bits per heavy atom. The Labute approximate surface area is 114 Å². The molecule has 3 nitrogen and oxygen atoms in total. The molecular weight excluding hydrogens is 246 g/mol. The largest absolute Gasteiger partial charge is 0.396 e. The van der Waals surface area contributed by atoms with Crippen molar-refractivity contribution in [1.29, 1.82) is 0 Å². The van der Waals surface area contributed by atoms with E-state index in [1.54, 1.807) is 0 Å². The lowest BCUT2D eigenvalue weighted by molar-refractivity contribution is -0.121. The fourth-order valence-electron chi connectivity index (χ4n) is 1.55. The quantitative estimate of drug-likeness (QED) is 0.687. The molecule has 0 saturated heterocycles. The molecular formula is C14H21NO2S. The topological polar surface area (TPSA) is 49.3 Å². The first-order valence-electron chi connectivity index (χ1n) is 6.17. The molecule has 0 bridgehead atoms. The molecule has 0 saturated carbocycles. The molecule has 0 fully saturated rings. The van der Waals surface area contributed by atoms with Gasteiger partial charge in [-0.05, 0) is 24.8 Å². The Balaban J connectivity index is 2.47. The van der Waals surface area contributed by atoms with E-state index in [0.29, 0.717) is 6.42 Å². The van der Waals surface area contributed by atoms with E-state index < -0.39 is 0 Å². The number of benzene rings is 1. The maximum Gasteiger partial charge on any atom is 0.233 e. The van der Waals surface area contributed by atoms with Crippen LogP contribution in [0.1, 0.15) is 19.4 Å². The summed E-state index contributed by atoms with van der Waals surface area (Å²) in [5.74, 6) is -0.0406. The van der Waals surface area contributed by atoms with E-state index in [2.05, 4.69) is 17.9 Å². The predicted molar refractivity (Wildman–Crippen MR) is 76.8 cm³/mol. The van der Waals surface area contributed by atoms with E-state index in [1.807, 2.05) is 44.2 Å². The van der Waals surface area contributed by atoms with Gasteiger partial charge in [-0.3, -0.25) is 4.79 Å². The Morgan fingerprint density at radius 1 is 1.33 bits per heavy atom. The highest BCUT2D eigenvalue weighted by Gasteiger charge is 2.19. The van der Waals surface area contributed by atoms with Crippen LogP contribution in [0.2, 0.25) is 0 Å². The van der Waals surface area contributed by atoms with E-state index in [9.17, 15) is 4.79 Å². The highest BCUT2D eigenvalue weighted by Crippen LogP contribution is 2.09. The molecule has 1 rings (SSSR count). The van der Waals surface area contributed by atoms with Crippen LogP contribution < -0.4 is 5.32 Å². The molecule has 0 aliphatic carbocycles. The van der Waals surface area contributed by atoms with Crippen molar-refractivity contribution < 1.29 is 9.90 Å². The van der Waals surface area contributed by atoms with Gasteiger partial charge in [0.25, 0.3) is 0 Å². The minimum Gasteiger partial charge on any atom is -0.396 e. The maximum atomic E-state index is 11.9. The van der Waals surface area contributed by atoms with Gasteiger partial charge in [0, 0.05) is 12.6 Å². The first-order valence-corrected chi connectivity index (χ1v) is 6.69. The molecule has 0 heterocycles. The Hall–Kier alpha value is -1.00. The van der Waals surface area contributed by atoms with Gasteiger partial charge in [-0.1, -0.05) is 37.3 Å². The number of amides is 1. The van der Waals surface area contributed by atoms with E-state index in [4.69, 9.17) is 5.11 Å². The van der Waals surface area contributed by atoms with E-state index in [0.717, 1.165) is 5.56 Å². The van der Waals surface area contributed by atoms with Crippen LogP contribution >= 0.6 is 12.6 Å². The summed E-state index contributed by atoms with van der Waals surface area (Å²) in [6, 6.07) is 9.76. The molecule has 100 valence electrons. The summed E-state index contributed by atoms with van der Waals surface area (Å²) in [4.78, 5) is 11.9. The normalized spacial score (nSPS) is 15.8. The van der Waals surface area contributed by atoms with Crippen molar-refractivity contribution in [3.8, 4) is 0 Å². The number of hydrogen-bond donors (Lipinski definition) is 3. The van der Waals surface area contributed by atoms with E-state index in [-0.39, 0.29) is 29.7 Å². The summed E-state index contributed by atoms with van der Waals surface area (Å²) in [6.07, 6.45) is 0.607. The van der Waals surface area contributed by atoms with Gasteiger partial charge in [0.1, 0.15) is 0 Å². The van der Waals surface area contributed by atoms with Gasteiger partial charge in [-0.2, -0.15) is 12.6 Å². The van der Waals surface area contributed by atoms with Crippen molar-refractivity contribution >= 4 is 18.5 Å². The lowest BCUT2D eigenvalue weighted by Gasteiger charge is -2.21. The van der Waals surface area contributed by atoms with Gasteiger partial charge < -0.3 is 10.4 Å². The molecule has 0 spiro atoms. The predicted octanol–water partition coefficient (Wildman–Crippen LogP) is 1.66. The first kappa shape index (κ1) is 15.1. The molecule has 0 radical (unpaired) electrons. The van der Waals surface area contributed by atoms with Crippen LogP contribution in [-0.4, -0.2) is 28.9 Å². The molecule has 4 heteroatoms. The lowest BCUT2D eigenvalue weighted by Crippen LogP contribution is -2.42. The van der Waals surface area contributed by atoms with Crippen molar-refractivity contribution in [3.63, 3.8) is 0 Å². The second-order valence-electron chi connectivity index (χ2n) is 4.66. The highest BCUT2D eigenvalue weighted by molar-refractivity contribution is 7.81. The van der Waals surface area contributed by atoms with Crippen molar-refractivity contribution in [3.05, 3.63) is 35.9 Å². The van der Waals surface area contributed by atoms with Gasteiger partial charge in [-0.15, -0.1) is 0 Å². The van der Waals surface area contributed by atoms with E-state index in [1.165, 1.54) is 0 Å². The summed E-state index contributed by atoms with van der Waals surface area (Å²) < 4.78 is 0. The molecule has 3 atom stereocenters. The second kappa shape index (κ2) is 7.44. The minimum atomic E-state index is -0.360. The van der Waals surface area contributed by atoms with Gasteiger partial charge >= 0.3 is 0 Å². The minimum absolute atomic E-state index is 0.0474. The van der Waals surface area contributed by atoms with Crippen LogP contribution in [0.25, 0.3) is 0 Å². The van der Waals surface area contributed by atoms with Gasteiger partial charge in [0.15, 0.2) is 0 Å². The number of hydrogen-bond acceptors (Lipinski definition) is 3. The van der Waals surface area contributed by atoms with Crippen molar-refractivity contribution in [2.45, 2.75) is 31.6 Å². The SMILES string of the molecule is CC(CO)C(C)NC(=O)C(S)Cc1ccccc1. The number of aliphatic hydroxyl groups is 1. The number of nitrogens with one attached hydrogen (secondary N) is 1. The first-order chi connectivity index (χ1) is 8.54. The maximum absolute atomic E-state index is 11.9. The van der Waals surface area contributed by atoms with Crippen LogP contribution in [0.3, 0.4) is 0 Å². The van der Waals surface area contributed by atoms with Gasteiger partial charge in [-0.25, -0.2) is 0 Å². The summed E-state index contributed by atoms with van der Waals surface area (Å²) in [5.41, 5.74) is 1.09. The number of aliphatic hydroxyl groups excluding tert-OH is 1. The third-order valence-electron chi connectivity index (χ3n) is 3.09. The standard InChI is InChI=1S/C14H21NO2S/c1-10(9-16)11(2)15-14(17)13(18)8-12-6-4-3-5-7-12/h3-7,10-11,13,16,18H,8-9H2,1-2H3,(H,15,17). The smallest absolute Gasteiger partial charge is 0.233 e. The average molecular weight is 267 g/mol. The molecule has 1 aromatic carbocycles. The van der Waals surface area contributed by atoms with Crippen molar-refractivity contribution in [2.75, 3.05) is 6.61 Å². The molecule has 0 aliphatic rings. The highest BCUT2D eigenvalue weighted by atomic mass is 32.1. The monoisotopic (exact) mass is 267 g/mol. The third kappa shape index (κ3) is 4.70. The van der Waals surface area contributed by atoms with Crippen molar-refractivity contribution in [2.24, 2.45) is 5.92 Å². The fraction of sp³-hybridized carbons (Fsp3) is 0.500. The Bertz CT molecular complexity index is 369. The Morgan fingerprint density at radius 3 is 2.50 bits per heavy atom. The van der Waals surface area contributed by atoms with Crippen LogP contribution in [0.15, 0.2) is 30.3 Å². The molecule has 18 heavy (non-hydrogen) atoms. The van der Waals surface area contributed by atoms with Crippen LogP contribution in [-0.2, 0) is 11.2 Å². The average Bonchev–Trinajstić information content (AvgIpc) is 2.38. The summed E-state index contributed by atoms with van der Waals surface area (Å²) in [7, 11) is 0. The van der Waals surface area contributed by atoms with Gasteiger partial charge in [0.2, 0.25) is 5.91 Å². The second-order valence-corrected chi connectivity index (χ2v) is 5.29. The molecule has 0 aromatic heterocycles. The van der Waals surface area contributed by atoms with Crippen LogP contribution in [0, 0.1) is 5.92 Å². The van der Waals surface area contributed by atoms with Gasteiger partial charge in [0.05, 0.1) is 5.25 Å². The zero-order valence-electron chi connectivity index (χ0n) is 10.8. The summed E-state index contributed by atoms with van der Waals surface area (Å²) >= 11 is 4.33. The number of carbonyl (C=O) groups excluding carboxylic acids is 1. The number of thiol groups is 1. The zero-order valence-corrected chi connectivity index (χ0v) is 11.7. The third-order valence-corrected chi connectivity index (χ3v) is 3.50. The molecule has 0 aliphatic heterocycles. The van der Waals surface area contributed by atoms with Crippen molar-refractivity contribution in [1.82, 2.24) is 5.32 Å². The lowest BCUT2D eigenvalue weighted by atomic mass is 10.0.